The number of thiophene rings is 1. The Labute approximate surface area is 170 Å². The van der Waals surface area contributed by atoms with Crippen molar-refractivity contribution in [1.29, 1.82) is 0 Å². The Morgan fingerprint density at radius 2 is 2.12 bits per heavy atom. The summed E-state index contributed by atoms with van der Waals surface area (Å²) in [5.41, 5.74) is 1.20. The summed E-state index contributed by atoms with van der Waals surface area (Å²) in [6.07, 6.45) is 0. The SMILES string of the molecule is CCNC(=NCc1noc(C(C)(C)C)n1)NCC(C)c1ccsc1.I. The van der Waals surface area contributed by atoms with Crippen LogP contribution in [0.15, 0.2) is 26.3 Å². The van der Waals surface area contributed by atoms with Crippen molar-refractivity contribution >= 4 is 41.3 Å². The molecule has 2 N–H and O–H groups in total. The van der Waals surface area contributed by atoms with E-state index in [0.29, 0.717) is 24.2 Å². The smallest absolute Gasteiger partial charge is 0.232 e. The van der Waals surface area contributed by atoms with E-state index < -0.39 is 0 Å². The normalized spacial score (nSPS) is 13.2. The fourth-order valence-corrected chi connectivity index (χ4v) is 2.82. The van der Waals surface area contributed by atoms with E-state index in [1.807, 2.05) is 27.7 Å². The molecular weight excluding hydrogens is 449 g/mol. The maximum absolute atomic E-state index is 5.30. The molecule has 25 heavy (non-hydrogen) atoms. The number of guanidine groups is 1. The number of aliphatic imine (C=N–C) groups is 1. The minimum absolute atomic E-state index is 0. The molecule has 2 rings (SSSR count). The Hall–Kier alpha value is -1.16. The van der Waals surface area contributed by atoms with Gasteiger partial charge in [0.15, 0.2) is 11.8 Å². The van der Waals surface area contributed by atoms with Gasteiger partial charge in [-0.15, -0.1) is 24.0 Å². The second-order valence-corrected chi connectivity index (χ2v) is 7.58. The molecule has 0 aliphatic rings. The lowest BCUT2D eigenvalue weighted by Gasteiger charge is -2.15. The fourth-order valence-electron chi connectivity index (χ4n) is 2.04. The first-order chi connectivity index (χ1) is 11.4. The van der Waals surface area contributed by atoms with E-state index in [4.69, 9.17) is 4.52 Å². The highest BCUT2D eigenvalue weighted by molar-refractivity contribution is 14.0. The summed E-state index contributed by atoms with van der Waals surface area (Å²) < 4.78 is 5.30. The highest BCUT2D eigenvalue weighted by Gasteiger charge is 2.21. The summed E-state index contributed by atoms with van der Waals surface area (Å²) in [7, 11) is 0. The first kappa shape index (κ1) is 21.9. The molecule has 0 radical (unpaired) electrons. The van der Waals surface area contributed by atoms with Gasteiger partial charge in [-0.25, -0.2) is 4.99 Å². The molecule has 0 bridgehead atoms. The lowest BCUT2D eigenvalue weighted by Crippen LogP contribution is -2.39. The van der Waals surface area contributed by atoms with Crippen LogP contribution in [0.2, 0.25) is 0 Å². The largest absolute Gasteiger partial charge is 0.357 e. The van der Waals surface area contributed by atoms with Crippen molar-refractivity contribution in [2.75, 3.05) is 13.1 Å². The zero-order valence-corrected chi connectivity index (χ0v) is 18.6. The maximum atomic E-state index is 5.30. The molecule has 2 aromatic heterocycles. The number of rotatable bonds is 6. The summed E-state index contributed by atoms with van der Waals surface area (Å²) in [5, 5.41) is 14.9. The number of nitrogens with zero attached hydrogens (tertiary/aromatic N) is 3. The predicted octanol–water partition coefficient (Wildman–Crippen LogP) is 3.91. The summed E-state index contributed by atoms with van der Waals surface area (Å²) in [6.45, 7) is 12.4. The minimum Gasteiger partial charge on any atom is -0.357 e. The average Bonchev–Trinajstić information content (AvgIpc) is 3.20. The van der Waals surface area contributed by atoms with Gasteiger partial charge in [0.1, 0.15) is 6.54 Å². The predicted molar refractivity (Wildman–Crippen MR) is 114 cm³/mol. The van der Waals surface area contributed by atoms with Gasteiger partial charge < -0.3 is 15.2 Å². The maximum Gasteiger partial charge on any atom is 0.232 e. The molecule has 0 aliphatic carbocycles. The van der Waals surface area contributed by atoms with Crippen LogP contribution < -0.4 is 10.6 Å². The van der Waals surface area contributed by atoms with Gasteiger partial charge in [0, 0.05) is 18.5 Å². The lowest BCUT2D eigenvalue weighted by atomic mass is 9.97. The Balaban J connectivity index is 0.00000312. The van der Waals surface area contributed by atoms with Gasteiger partial charge in [-0.05, 0) is 35.2 Å². The lowest BCUT2D eigenvalue weighted by molar-refractivity contribution is 0.318. The van der Waals surface area contributed by atoms with Crippen LogP contribution in [-0.2, 0) is 12.0 Å². The molecule has 0 aromatic carbocycles. The van der Waals surface area contributed by atoms with Crippen LogP contribution in [0.1, 0.15) is 57.8 Å². The molecular formula is C17H28IN5OS. The first-order valence-electron chi connectivity index (χ1n) is 8.27. The summed E-state index contributed by atoms with van der Waals surface area (Å²) >= 11 is 1.72. The number of hydrogen-bond acceptors (Lipinski definition) is 5. The van der Waals surface area contributed by atoms with Crippen LogP contribution in [0.25, 0.3) is 0 Å². The molecule has 0 saturated carbocycles. The Kier molecular flexibility index (Phi) is 8.84. The fraction of sp³-hybridized carbons (Fsp3) is 0.588. The second-order valence-electron chi connectivity index (χ2n) is 6.80. The van der Waals surface area contributed by atoms with E-state index >= 15 is 0 Å². The van der Waals surface area contributed by atoms with Crippen LogP contribution >= 0.6 is 35.3 Å². The summed E-state index contributed by atoms with van der Waals surface area (Å²) in [4.78, 5) is 8.95. The van der Waals surface area contributed by atoms with Crippen molar-refractivity contribution < 1.29 is 4.52 Å². The Morgan fingerprint density at radius 1 is 1.36 bits per heavy atom. The zero-order chi connectivity index (χ0) is 17.6. The number of halogens is 1. The standard InChI is InChI=1S/C17H27N5OS.HI/c1-6-18-16(19-9-12(2)13-7-8-24-11-13)20-10-14-21-15(23-22-14)17(3,4)5;/h7-8,11-12H,6,9-10H2,1-5H3,(H2,18,19,20);1H. The van der Waals surface area contributed by atoms with Crippen molar-refractivity contribution in [1.82, 2.24) is 20.8 Å². The molecule has 1 atom stereocenters. The topological polar surface area (TPSA) is 75.3 Å². The van der Waals surface area contributed by atoms with Gasteiger partial charge in [0.2, 0.25) is 5.89 Å². The summed E-state index contributed by atoms with van der Waals surface area (Å²) in [6, 6.07) is 2.16. The van der Waals surface area contributed by atoms with Gasteiger partial charge in [-0.1, -0.05) is 32.9 Å². The van der Waals surface area contributed by atoms with Crippen molar-refractivity contribution in [3.63, 3.8) is 0 Å². The first-order valence-corrected chi connectivity index (χ1v) is 9.21. The van der Waals surface area contributed by atoms with Crippen LogP contribution in [0.3, 0.4) is 0 Å². The number of aromatic nitrogens is 2. The molecule has 0 amide bonds. The molecule has 140 valence electrons. The van der Waals surface area contributed by atoms with E-state index in [0.717, 1.165) is 19.0 Å². The zero-order valence-electron chi connectivity index (χ0n) is 15.5. The van der Waals surface area contributed by atoms with Gasteiger partial charge in [-0.2, -0.15) is 16.3 Å². The average molecular weight is 477 g/mol. The van der Waals surface area contributed by atoms with Crippen molar-refractivity contribution in [3.05, 3.63) is 34.1 Å². The number of hydrogen-bond donors (Lipinski definition) is 2. The van der Waals surface area contributed by atoms with Crippen LogP contribution in [0.5, 0.6) is 0 Å². The van der Waals surface area contributed by atoms with E-state index in [9.17, 15) is 0 Å². The van der Waals surface area contributed by atoms with Crippen molar-refractivity contribution in [3.8, 4) is 0 Å². The van der Waals surface area contributed by atoms with E-state index in [2.05, 4.69) is 49.5 Å². The molecule has 2 heterocycles. The highest BCUT2D eigenvalue weighted by atomic mass is 127. The third kappa shape index (κ3) is 6.93. The van der Waals surface area contributed by atoms with Crippen molar-refractivity contribution in [2.24, 2.45) is 4.99 Å². The summed E-state index contributed by atoms with van der Waals surface area (Å²) in [5.74, 6) is 2.43. The van der Waals surface area contributed by atoms with Crippen LogP contribution in [0, 0.1) is 0 Å². The molecule has 0 aliphatic heterocycles. The monoisotopic (exact) mass is 477 g/mol. The molecule has 2 aromatic rings. The molecule has 0 spiro atoms. The molecule has 0 saturated heterocycles. The highest BCUT2D eigenvalue weighted by Crippen LogP contribution is 2.20. The van der Waals surface area contributed by atoms with Gasteiger partial charge in [0.25, 0.3) is 0 Å². The Morgan fingerprint density at radius 3 is 2.68 bits per heavy atom. The Bertz CT molecular complexity index is 648. The van der Waals surface area contributed by atoms with E-state index in [1.165, 1.54) is 5.56 Å². The van der Waals surface area contributed by atoms with Gasteiger partial charge >= 0.3 is 0 Å². The van der Waals surface area contributed by atoms with Crippen LogP contribution in [0.4, 0.5) is 0 Å². The van der Waals surface area contributed by atoms with E-state index in [1.54, 1.807) is 11.3 Å². The van der Waals surface area contributed by atoms with Crippen LogP contribution in [-0.4, -0.2) is 29.2 Å². The van der Waals surface area contributed by atoms with Crippen molar-refractivity contribution in [2.45, 2.75) is 52.5 Å². The third-order valence-electron chi connectivity index (χ3n) is 3.52. The second kappa shape index (κ2) is 10.1. The third-order valence-corrected chi connectivity index (χ3v) is 4.22. The van der Waals surface area contributed by atoms with Gasteiger partial charge in [-0.3, -0.25) is 0 Å². The molecule has 1 unspecified atom stereocenters. The quantitative estimate of drug-likeness (QED) is 0.375. The minimum atomic E-state index is -0.145. The van der Waals surface area contributed by atoms with E-state index in [-0.39, 0.29) is 29.4 Å². The molecule has 0 fully saturated rings. The van der Waals surface area contributed by atoms with Gasteiger partial charge in [0.05, 0.1) is 0 Å². The molecule has 8 heteroatoms. The number of nitrogens with one attached hydrogen (secondary N) is 2. The molecule has 6 nitrogen and oxygen atoms in total.